The summed E-state index contributed by atoms with van der Waals surface area (Å²) in [5.41, 5.74) is 3.85. The molecule has 1 heterocycles. The molecule has 0 saturated heterocycles. The molecule has 2 N–H and O–H groups in total. The van der Waals surface area contributed by atoms with E-state index in [9.17, 15) is 0 Å². The molecule has 0 aliphatic rings. The Morgan fingerprint density at radius 2 is 2.12 bits per heavy atom. The molecule has 0 aliphatic carbocycles. The van der Waals surface area contributed by atoms with Crippen molar-refractivity contribution in [1.29, 1.82) is 0 Å². The van der Waals surface area contributed by atoms with Crippen molar-refractivity contribution < 1.29 is 0 Å². The van der Waals surface area contributed by atoms with Gasteiger partial charge in [0.15, 0.2) is 0 Å². The summed E-state index contributed by atoms with van der Waals surface area (Å²) in [6, 6.07) is 8.64. The highest BCUT2D eigenvalue weighted by Gasteiger charge is 2.02. The van der Waals surface area contributed by atoms with E-state index in [1.807, 2.05) is 0 Å². The van der Waals surface area contributed by atoms with Gasteiger partial charge in [0.25, 0.3) is 0 Å². The van der Waals surface area contributed by atoms with Crippen LogP contribution in [0.25, 0.3) is 10.9 Å². The minimum absolute atomic E-state index is 0.700. The molecule has 0 unspecified atom stereocenters. The Morgan fingerprint density at radius 1 is 1.31 bits per heavy atom. The van der Waals surface area contributed by atoms with E-state index in [0.717, 1.165) is 13.1 Å². The van der Waals surface area contributed by atoms with Crippen LogP contribution in [0.15, 0.2) is 24.3 Å². The number of nitrogens with one attached hydrogen (secondary N) is 2. The first kappa shape index (κ1) is 11.2. The van der Waals surface area contributed by atoms with Gasteiger partial charge in [0.2, 0.25) is 0 Å². The molecule has 1 aromatic carbocycles. The zero-order chi connectivity index (χ0) is 11.5. The third kappa shape index (κ3) is 2.45. The van der Waals surface area contributed by atoms with E-state index in [1.165, 1.54) is 22.2 Å². The second-order valence-corrected chi connectivity index (χ2v) is 4.86. The zero-order valence-electron chi connectivity index (χ0n) is 10.3. The maximum absolute atomic E-state index is 3.48. The predicted octanol–water partition coefficient (Wildman–Crippen LogP) is 3.22. The van der Waals surface area contributed by atoms with Gasteiger partial charge in [-0.1, -0.05) is 32.0 Å². The van der Waals surface area contributed by atoms with E-state index in [4.69, 9.17) is 0 Å². The van der Waals surface area contributed by atoms with Crippen LogP contribution in [0.1, 0.15) is 25.1 Å². The summed E-state index contributed by atoms with van der Waals surface area (Å²) in [4.78, 5) is 3.48. The Hall–Kier alpha value is -1.28. The van der Waals surface area contributed by atoms with Gasteiger partial charge in [-0.25, -0.2) is 0 Å². The van der Waals surface area contributed by atoms with Crippen LogP contribution in [0, 0.1) is 12.8 Å². The first-order valence-electron chi connectivity index (χ1n) is 5.94. The lowest BCUT2D eigenvalue weighted by molar-refractivity contribution is 0.549. The maximum atomic E-state index is 3.48. The van der Waals surface area contributed by atoms with Crippen LogP contribution in [0.4, 0.5) is 0 Å². The van der Waals surface area contributed by atoms with Crippen LogP contribution in [0.2, 0.25) is 0 Å². The van der Waals surface area contributed by atoms with Crippen LogP contribution in [-0.4, -0.2) is 11.5 Å². The molecular weight excluding hydrogens is 196 g/mol. The molecule has 2 aromatic rings. The topological polar surface area (TPSA) is 27.8 Å². The molecule has 2 nitrogen and oxygen atoms in total. The quantitative estimate of drug-likeness (QED) is 0.807. The number of aromatic amines is 1. The molecule has 86 valence electrons. The number of hydrogen-bond acceptors (Lipinski definition) is 1. The summed E-state index contributed by atoms with van der Waals surface area (Å²) < 4.78 is 0. The van der Waals surface area contributed by atoms with Crippen molar-refractivity contribution in [3.63, 3.8) is 0 Å². The second-order valence-electron chi connectivity index (χ2n) is 4.86. The summed E-state index contributed by atoms with van der Waals surface area (Å²) >= 11 is 0. The number of rotatable bonds is 4. The minimum atomic E-state index is 0.700. The number of aryl methyl sites for hydroxylation is 1. The number of aromatic nitrogens is 1. The molecule has 2 heteroatoms. The average Bonchev–Trinajstić information content (AvgIpc) is 2.61. The number of hydrogen-bond donors (Lipinski definition) is 2. The van der Waals surface area contributed by atoms with Crippen molar-refractivity contribution in [1.82, 2.24) is 10.3 Å². The van der Waals surface area contributed by atoms with E-state index in [2.05, 4.69) is 55.3 Å². The minimum Gasteiger partial charge on any atom is -0.357 e. The normalized spacial score (nSPS) is 11.5. The molecule has 1 aromatic heterocycles. The van der Waals surface area contributed by atoms with E-state index >= 15 is 0 Å². The van der Waals surface area contributed by atoms with E-state index in [-0.39, 0.29) is 0 Å². The van der Waals surface area contributed by atoms with Gasteiger partial charge in [-0.05, 0) is 36.4 Å². The Bertz CT molecular complexity index is 469. The fourth-order valence-corrected chi connectivity index (χ4v) is 1.96. The molecule has 0 radical (unpaired) electrons. The van der Waals surface area contributed by atoms with Crippen molar-refractivity contribution in [3.8, 4) is 0 Å². The van der Waals surface area contributed by atoms with Crippen molar-refractivity contribution in [2.45, 2.75) is 27.3 Å². The van der Waals surface area contributed by atoms with Crippen LogP contribution >= 0.6 is 0 Å². The maximum Gasteiger partial charge on any atom is 0.0486 e. The van der Waals surface area contributed by atoms with Gasteiger partial charge < -0.3 is 10.3 Å². The highest BCUT2D eigenvalue weighted by Crippen LogP contribution is 2.18. The summed E-state index contributed by atoms with van der Waals surface area (Å²) in [5.74, 6) is 0.700. The summed E-state index contributed by atoms with van der Waals surface area (Å²) in [6.45, 7) is 8.58. The van der Waals surface area contributed by atoms with Gasteiger partial charge in [-0.2, -0.15) is 0 Å². The molecule has 2 rings (SSSR count). The Morgan fingerprint density at radius 3 is 2.81 bits per heavy atom. The SMILES string of the molecule is Cc1cccc2cc(CNCC(C)C)[nH]c12. The van der Waals surface area contributed by atoms with Gasteiger partial charge in [-0.15, -0.1) is 0 Å². The van der Waals surface area contributed by atoms with Gasteiger partial charge in [-0.3, -0.25) is 0 Å². The van der Waals surface area contributed by atoms with Crippen molar-refractivity contribution in [2.75, 3.05) is 6.54 Å². The van der Waals surface area contributed by atoms with Crippen molar-refractivity contribution in [2.24, 2.45) is 5.92 Å². The van der Waals surface area contributed by atoms with Gasteiger partial charge in [0, 0.05) is 17.8 Å². The number of H-pyrrole nitrogens is 1. The van der Waals surface area contributed by atoms with Gasteiger partial charge in [0.1, 0.15) is 0 Å². The number of para-hydroxylation sites is 1. The third-order valence-electron chi connectivity index (χ3n) is 2.79. The highest BCUT2D eigenvalue weighted by atomic mass is 14.9. The van der Waals surface area contributed by atoms with Gasteiger partial charge >= 0.3 is 0 Å². The largest absolute Gasteiger partial charge is 0.357 e. The Balaban J connectivity index is 2.11. The molecule has 0 saturated carbocycles. The molecular formula is C14H20N2. The summed E-state index contributed by atoms with van der Waals surface area (Å²) in [5, 5.41) is 4.76. The molecule has 16 heavy (non-hydrogen) atoms. The molecule has 0 fully saturated rings. The van der Waals surface area contributed by atoms with Crippen LogP contribution < -0.4 is 5.32 Å². The third-order valence-corrected chi connectivity index (χ3v) is 2.79. The molecule has 0 bridgehead atoms. The lowest BCUT2D eigenvalue weighted by atomic mass is 10.2. The molecule has 0 atom stereocenters. The predicted molar refractivity (Wildman–Crippen MR) is 69.6 cm³/mol. The van der Waals surface area contributed by atoms with E-state index in [1.54, 1.807) is 0 Å². The molecule has 0 aliphatic heterocycles. The summed E-state index contributed by atoms with van der Waals surface area (Å²) in [6.07, 6.45) is 0. The Kier molecular flexibility index (Phi) is 3.30. The number of benzene rings is 1. The van der Waals surface area contributed by atoms with Crippen LogP contribution in [0.5, 0.6) is 0 Å². The fourth-order valence-electron chi connectivity index (χ4n) is 1.96. The first-order chi connectivity index (χ1) is 7.66. The Labute approximate surface area is 97.1 Å². The van der Waals surface area contributed by atoms with E-state index in [0.29, 0.717) is 5.92 Å². The molecule has 0 amide bonds. The van der Waals surface area contributed by atoms with Crippen LogP contribution in [0.3, 0.4) is 0 Å². The zero-order valence-corrected chi connectivity index (χ0v) is 10.3. The highest BCUT2D eigenvalue weighted by molar-refractivity contribution is 5.83. The van der Waals surface area contributed by atoms with Gasteiger partial charge in [0.05, 0.1) is 0 Å². The van der Waals surface area contributed by atoms with E-state index < -0.39 is 0 Å². The fraction of sp³-hybridized carbons (Fsp3) is 0.429. The van der Waals surface area contributed by atoms with Crippen molar-refractivity contribution in [3.05, 3.63) is 35.5 Å². The average molecular weight is 216 g/mol. The molecule has 0 spiro atoms. The lowest BCUT2D eigenvalue weighted by Crippen LogP contribution is -2.19. The van der Waals surface area contributed by atoms with Crippen molar-refractivity contribution >= 4 is 10.9 Å². The first-order valence-corrected chi connectivity index (χ1v) is 5.94. The smallest absolute Gasteiger partial charge is 0.0486 e. The number of fused-ring (bicyclic) bond motifs is 1. The second kappa shape index (κ2) is 4.71. The monoisotopic (exact) mass is 216 g/mol. The lowest BCUT2D eigenvalue weighted by Gasteiger charge is -2.05. The summed E-state index contributed by atoms with van der Waals surface area (Å²) in [7, 11) is 0. The standard InChI is InChI=1S/C14H20N2/c1-10(2)8-15-9-13-7-12-6-4-5-11(3)14(12)16-13/h4-7,10,15-16H,8-9H2,1-3H3. The van der Waals surface area contributed by atoms with Crippen LogP contribution in [-0.2, 0) is 6.54 Å².